The molecule has 5 nitrogen and oxygen atoms in total. The summed E-state index contributed by atoms with van der Waals surface area (Å²) >= 11 is 5.98. The van der Waals surface area contributed by atoms with Gasteiger partial charge in [-0.3, -0.25) is 4.79 Å². The van der Waals surface area contributed by atoms with Crippen molar-refractivity contribution in [1.82, 2.24) is 4.90 Å². The Balaban J connectivity index is 1.61. The number of methoxy groups -OCH3 is 1. The third-order valence-corrected chi connectivity index (χ3v) is 4.85. The van der Waals surface area contributed by atoms with E-state index in [4.69, 9.17) is 25.8 Å². The molecule has 0 saturated carbocycles. The van der Waals surface area contributed by atoms with Gasteiger partial charge in [-0.2, -0.15) is 0 Å². The number of likely N-dealkylation sites (tertiary alicyclic amines) is 1. The second-order valence-electron chi connectivity index (χ2n) is 6.05. The lowest BCUT2D eigenvalue weighted by Crippen LogP contribution is -2.52. The minimum absolute atomic E-state index is 0.00818. The topological polar surface area (TPSA) is 48.0 Å². The summed E-state index contributed by atoms with van der Waals surface area (Å²) in [5.41, 5.74) is -0.733. The van der Waals surface area contributed by atoms with Crippen molar-refractivity contribution in [1.29, 1.82) is 0 Å². The van der Waals surface area contributed by atoms with Crippen molar-refractivity contribution < 1.29 is 19.0 Å². The molecule has 1 aromatic carbocycles. The maximum Gasteiger partial charge on any atom is 0.255 e. The molecule has 2 saturated heterocycles. The summed E-state index contributed by atoms with van der Waals surface area (Å²) in [5, 5.41) is 0.647. The Labute approximate surface area is 141 Å². The Morgan fingerprint density at radius 2 is 2.17 bits per heavy atom. The molecule has 23 heavy (non-hydrogen) atoms. The van der Waals surface area contributed by atoms with Crippen LogP contribution < -0.4 is 4.74 Å². The molecule has 0 radical (unpaired) electrons. The van der Waals surface area contributed by atoms with Crippen LogP contribution in [0.5, 0.6) is 5.75 Å². The fourth-order valence-electron chi connectivity index (χ4n) is 3.24. The lowest BCUT2D eigenvalue weighted by Gasteiger charge is -2.37. The molecule has 1 amide bonds. The number of halogens is 1. The van der Waals surface area contributed by atoms with Gasteiger partial charge in [0.1, 0.15) is 11.9 Å². The second kappa shape index (κ2) is 7.07. The fourth-order valence-corrected chi connectivity index (χ4v) is 3.42. The van der Waals surface area contributed by atoms with Gasteiger partial charge in [-0.15, -0.1) is 0 Å². The number of ether oxygens (including phenoxy) is 3. The maximum absolute atomic E-state index is 12.9. The summed E-state index contributed by atoms with van der Waals surface area (Å²) in [4.78, 5) is 14.7. The first-order chi connectivity index (χ1) is 11.1. The number of benzene rings is 1. The molecular formula is C17H22ClNO4. The molecule has 3 rings (SSSR count). The molecule has 2 aliphatic heterocycles. The minimum Gasteiger partial charge on any atom is -0.488 e. The highest BCUT2D eigenvalue weighted by Crippen LogP contribution is 2.29. The highest BCUT2D eigenvalue weighted by atomic mass is 35.5. The summed E-state index contributed by atoms with van der Waals surface area (Å²) in [6, 6.07) is 7.34. The molecule has 126 valence electrons. The van der Waals surface area contributed by atoms with Crippen LogP contribution in [0.4, 0.5) is 0 Å². The van der Waals surface area contributed by atoms with E-state index in [1.165, 1.54) is 0 Å². The van der Waals surface area contributed by atoms with Crippen LogP contribution in [0.1, 0.15) is 19.3 Å². The summed E-state index contributed by atoms with van der Waals surface area (Å²) in [5.74, 6) is 0.796. The van der Waals surface area contributed by atoms with E-state index in [9.17, 15) is 4.79 Å². The van der Waals surface area contributed by atoms with Gasteiger partial charge in [-0.05, 0) is 18.2 Å². The van der Waals surface area contributed by atoms with E-state index < -0.39 is 5.60 Å². The Hall–Kier alpha value is -1.30. The molecule has 0 N–H and O–H groups in total. The normalized spacial score (nSPS) is 23.7. The number of carbonyl (C=O) groups is 1. The molecule has 1 unspecified atom stereocenters. The quantitative estimate of drug-likeness (QED) is 0.845. The first-order valence-electron chi connectivity index (χ1n) is 7.97. The maximum atomic E-state index is 12.9. The van der Waals surface area contributed by atoms with E-state index in [0.29, 0.717) is 44.2 Å². The molecule has 2 fully saturated rings. The smallest absolute Gasteiger partial charge is 0.255 e. The van der Waals surface area contributed by atoms with Crippen molar-refractivity contribution in [3.63, 3.8) is 0 Å². The monoisotopic (exact) mass is 339 g/mol. The van der Waals surface area contributed by atoms with Crippen molar-refractivity contribution in [3.8, 4) is 5.75 Å². The van der Waals surface area contributed by atoms with Crippen molar-refractivity contribution in [2.24, 2.45) is 0 Å². The van der Waals surface area contributed by atoms with Crippen molar-refractivity contribution in [2.45, 2.75) is 31.0 Å². The van der Waals surface area contributed by atoms with Crippen LogP contribution in [-0.2, 0) is 14.3 Å². The average molecular weight is 340 g/mol. The van der Waals surface area contributed by atoms with Crippen molar-refractivity contribution >= 4 is 17.5 Å². The number of rotatable bonds is 4. The number of carbonyl (C=O) groups excluding carboxylic acids is 1. The summed E-state index contributed by atoms with van der Waals surface area (Å²) in [6.45, 7) is 2.40. The Bertz CT molecular complexity index is 559. The highest BCUT2D eigenvalue weighted by Gasteiger charge is 2.44. The highest BCUT2D eigenvalue weighted by molar-refractivity contribution is 6.30. The van der Waals surface area contributed by atoms with Gasteiger partial charge < -0.3 is 19.1 Å². The van der Waals surface area contributed by atoms with Gasteiger partial charge in [0.05, 0.1) is 6.54 Å². The predicted octanol–water partition coefficient (Wildman–Crippen LogP) is 2.52. The van der Waals surface area contributed by atoms with Crippen LogP contribution in [0, 0.1) is 0 Å². The van der Waals surface area contributed by atoms with Gasteiger partial charge in [-0.1, -0.05) is 17.7 Å². The zero-order chi connectivity index (χ0) is 16.3. The van der Waals surface area contributed by atoms with Gasteiger partial charge in [0.2, 0.25) is 0 Å². The van der Waals surface area contributed by atoms with E-state index in [0.717, 1.165) is 12.2 Å². The molecule has 1 aromatic rings. The first-order valence-corrected chi connectivity index (χ1v) is 8.35. The molecule has 0 aromatic heterocycles. The fraction of sp³-hybridized carbons (Fsp3) is 0.588. The molecule has 6 heteroatoms. The SMILES string of the molecule is COC1(C(=O)N2CCC(Oc3cccc(Cl)c3)C2)CCOCC1. The zero-order valence-electron chi connectivity index (χ0n) is 13.3. The average Bonchev–Trinajstić information content (AvgIpc) is 3.03. The van der Waals surface area contributed by atoms with Crippen LogP contribution in [0.3, 0.4) is 0 Å². The first kappa shape index (κ1) is 16.6. The summed E-state index contributed by atoms with van der Waals surface area (Å²) in [7, 11) is 1.61. The largest absolute Gasteiger partial charge is 0.488 e. The number of amides is 1. The number of hydrogen-bond donors (Lipinski definition) is 0. The zero-order valence-corrected chi connectivity index (χ0v) is 14.1. The van der Waals surface area contributed by atoms with Crippen LogP contribution in [-0.4, -0.2) is 55.9 Å². The van der Waals surface area contributed by atoms with E-state index in [1.807, 2.05) is 23.1 Å². The van der Waals surface area contributed by atoms with Gasteiger partial charge in [0.25, 0.3) is 5.91 Å². The van der Waals surface area contributed by atoms with Gasteiger partial charge in [-0.25, -0.2) is 0 Å². The molecule has 2 heterocycles. The van der Waals surface area contributed by atoms with Gasteiger partial charge in [0.15, 0.2) is 5.60 Å². The molecule has 0 aliphatic carbocycles. The van der Waals surface area contributed by atoms with E-state index in [1.54, 1.807) is 13.2 Å². The molecule has 0 bridgehead atoms. The summed E-state index contributed by atoms with van der Waals surface area (Å²) < 4.78 is 16.9. The third kappa shape index (κ3) is 3.62. The van der Waals surface area contributed by atoms with Gasteiger partial charge >= 0.3 is 0 Å². The lowest BCUT2D eigenvalue weighted by molar-refractivity contribution is -0.165. The second-order valence-corrected chi connectivity index (χ2v) is 6.48. The lowest BCUT2D eigenvalue weighted by atomic mass is 9.92. The van der Waals surface area contributed by atoms with Crippen LogP contribution in [0.25, 0.3) is 0 Å². The van der Waals surface area contributed by atoms with E-state index in [2.05, 4.69) is 0 Å². The van der Waals surface area contributed by atoms with Crippen molar-refractivity contribution in [3.05, 3.63) is 29.3 Å². The van der Waals surface area contributed by atoms with Crippen LogP contribution in [0.2, 0.25) is 5.02 Å². The molecular weight excluding hydrogens is 318 g/mol. The summed E-state index contributed by atoms with van der Waals surface area (Å²) in [6.07, 6.45) is 2.03. The van der Waals surface area contributed by atoms with Crippen LogP contribution >= 0.6 is 11.6 Å². The molecule has 0 spiro atoms. The van der Waals surface area contributed by atoms with Crippen LogP contribution in [0.15, 0.2) is 24.3 Å². The Kier molecular flexibility index (Phi) is 5.09. The third-order valence-electron chi connectivity index (χ3n) is 4.61. The minimum atomic E-state index is -0.733. The van der Waals surface area contributed by atoms with E-state index >= 15 is 0 Å². The van der Waals surface area contributed by atoms with E-state index in [-0.39, 0.29) is 12.0 Å². The predicted molar refractivity (Wildman–Crippen MR) is 86.9 cm³/mol. The number of hydrogen-bond acceptors (Lipinski definition) is 4. The number of nitrogens with zero attached hydrogens (tertiary/aromatic N) is 1. The standard InChI is InChI=1S/C17H22ClNO4/c1-21-17(6-9-22-10-7-17)16(20)19-8-5-15(12-19)23-14-4-2-3-13(18)11-14/h2-4,11,15H,5-10,12H2,1H3. The molecule has 1 atom stereocenters. The van der Waals surface area contributed by atoms with Crippen molar-refractivity contribution in [2.75, 3.05) is 33.4 Å². The van der Waals surface area contributed by atoms with Gasteiger partial charge in [0, 0.05) is 51.2 Å². The Morgan fingerprint density at radius 1 is 1.39 bits per heavy atom. The Morgan fingerprint density at radius 3 is 2.87 bits per heavy atom. The molecule has 2 aliphatic rings.